The lowest BCUT2D eigenvalue weighted by Crippen LogP contribution is -2.49. The van der Waals surface area contributed by atoms with Crippen LogP contribution < -0.4 is 10.5 Å². The normalized spacial score (nSPS) is 17.8. The highest BCUT2D eigenvalue weighted by Crippen LogP contribution is 2.44. The molecule has 3 aliphatic rings. The van der Waals surface area contributed by atoms with E-state index in [2.05, 4.69) is 53.7 Å². The van der Waals surface area contributed by atoms with Crippen molar-refractivity contribution in [3.8, 4) is 17.6 Å². The van der Waals surface area contributed by atoms with Crippen LogP contribution in [0.2, 0.25) is 0 Å². The van der Waals surface area contributed by atoms with Gasteiger partial charge in [0, 0.05) is 25.4 Å². The average Bonchev–Trinajstić information content (AvgIpc) is 3.96. The van der Waals surface area contributed by atoms with Crippen molar-refractivity contribution in [3.05, 3.63) is 137 Å². The molecule has 2 atom stereocenters. The summed E-state index contributed by atoms with van der Waals surface area (Å²) in [5, 5.41) is 11.4. The lowest BCUT2D eigenvalue weighted by molar-refractivity contribution is -0.174. The number of aliphatic hydroxyl groups is 1. The van der Waals surface area contributed by atoms with Gasteiger partial charge in [-0.05, 0) is 85.1 Å². The Labute approximate surface area is 345 Å². The number of carbonyl (C=O) groups excluding carboxylic acids is 2. The Bertz CT molecular complexity index is 1930. The number of fused-ring (bicyclic) bond motifs is 1. The summed E-state index contributed by atoms with van der Waals surface area (Å²) in [5.41, 5.74) is 9.08. The maximum atomic E-state index is 13.2. The van der Waals surface area contributed by atoms with Gasteiger partial charge in [-0.25, -0.2) is 4.79 Å². The second-order valence-corrected chi connectivity index (χ2v) is 15.8. The zero-order valence-electron chi connectivity index (χ0n) is 34.4. The number of nitrogens with zero attached hydrogens (tertiary/aromatic N) is 2. The molecule has 8 nitrogen and oxygen atoms in total. The van der Waals surface area contributed by atoms with Crippen molar-refractivity contribution in [2.75, 3.05) is 52.5 Å². The lowest BCUT2D eigenvalue weighted by Gasteiger charge is -2.37. The molecule has 0 spiro atoms. The van der Waals surface area contributed by atoms with Crippen molar-refractivity contribution in [3.63, 3.8) is 0 Å². The van der Waals surface area contributed by atoms with E-state index >= 15 is 0 Å². The molecule has 0 radical (unpaired) electrons. The Morgan fingerprint density at radius 3 is 2.05 bits per heavy atom. The van der Waals surface area contributed by atoms with Crippen molar-refractivity contribution in [2.24, 2.45) is 17.6 Å². The summed E-state index contributed by atoms with van der Waals surface area (Å²) in [6.07, 6.45) is 7.87. The van der Waals surface area contributed by atoms with Crippen LogP contribution in [-0.4, -0.2) is 79.3 Å². The van der Waals surface area contributed by atoms with Crippen LogP contribution in [0.15, 0.2) is 109 Å². The molecule has 0 aromatic heterocycles. The Hall–Kier alpha value is -4.94. The first-order valence-electron chi connectivity index (χ1n) is 21.3. The quantitative estimate of drug-likeness (QED) is 0.102. The standard InChI is InChI=1S/C28H30N2O2.C22H31NO3/c29-27(31)28(23-7-3-1-4-8-23,24-9-5-2-6-10-24)25-14-17-30(20-25)16-13-21-11-12-26-22(19-21)15-18-32-26;1-3-23(4-2)17-11-12-18-26-21(24)22(25,19-13-7-5-8-14-19)20-15-9-6-10-16-20/h1-12,19,25H,13-18,20H2,(H2,29,31);5,7-8,13-14,20,25H,3-4,6,9-10,15-18H2,1-2H3/t25-;/m1./s1. The molecule has 1 amide bonds. The molecular formula is C50H61N3O5. The molecule has 7 rings (SSSR count). The minimum absolute atomic E-state index is 0.0158. The number of rotatable bonds is 14. The summed E-state index contributed by atoms with van der Waals surface area (Å²) in [5.74, 6) is 6.16. The topological polar surface area (TPSA) is 105 Å². The Morgan fingerprint density at radius 1 is 0.828 bits per heavy atom. The molecule has 306 valence electrons. The van der Waals surface area contributed by atoms with Crippen molar-refractivity contribution < 1.29 is 24.2 Å². The number of benzene rings is 4. The molecule has 1 unspecified atom stereocenters. The van der Waals surface area contributed by atoms with Crippen molar-refractivity contribution >= 4 is 11.9 Å². The number of amides is 1. The highest BCUT2D eigenvalue weighted by molar-refractivity contribution is 5.91. The van der Waals surface area contributed by atoms with Crippen LogP contribution in [0.5, 0.6) is 5.75 Å². The van der Waals surface area contributed by atoms with E-state index in [0.717, 1.165) is 108 Å². The molecule has 4 aromatic carbocycles. The van der Waals surface area contributed by atoms with Crippen LogP contribution in [0, 0.1) is 23.7 Å². The molecule has 2 heterocycles. The monoisotopic (exact) mass is 783 g/mol. The summed E-state index contributed by atoms with van der Waals surface area (Å²) in [4.78, 5) is 30.7. The first-order valence-corrected chi connectivity index (χ1v) is 21.3. The Balaban J connectivity index is 0.000000201. The molecule has 58 heavy (non-hydrogen) atoms. The van der Waals surface area contributed by atoms with E-state index in [1.165, 1.54) is 11.1 Å². The number of carbonyl (C=O) groups is 2. The predicted molar refractivity (Wildman–Crippen MR) is 230 cm³/mol. The van der Waals surface area contributed by atoms with Gasteiger partial charge in [0.2, 0.25) is 5.91 Å². The van der Waals surface area contributed by atoms with Crippen LogP contribution in [0.25, 0.3) is 0 Å². The van der Waals surface area contributed by atoms with Gasteiger partial charge in [-0.2, -0.15) is 0 Å². The number of likely N-dealkylation sites (tertiary alicyclic amines) is 1. The SMILES string of the molecule is CCN(CC)CC#CCOC(=O)C(O)(c1ccccc1)C1CCCCC1.NC(=O)C(c1ccccc1)(c1ccccc1)[C@@H]1CCN(CCc2ccc3c(c2)CCO3)C1. The number of primary amides is 1. The summed E-state index contributed by atoms with van der Waals surface area (Å²) in [6.45, 7) is 10.4. The predicted octanol–water partition coefficient (Wildman–Crippen LogP) is 7.30. The van der Waals surface area contributed by atoms with E-state index < -0.39 is 17.0 Å². The fourth-order valence-electron chi connectivity index (χ4n) is 9.21. The van der Waals surface area contributed by atoms with Crippen LogP contribution in [0.4, 0.5) is 0 Å². The molecule has 4 aromatic rings. The average molecular weight is 784 g/mol. The van der Waals surface area contributed by atoms with E-state index in [0.29, 0.717) is 12.1 Å². The molecule has 2 aliphatic heterocycles. The van der Waals surface area contributed by atoms with E-state index in [4.69, 9.17) is 15.2 Å². The van der Waals surface area contributed by atoms with Crippen molar-refractivity contribution in [1.82, 2.24) is 9.80 Å². The van der Waals surface area contributed by atoms with E-state index in [1.54, 1.807) is 0 Å². The fraction of sp³-hybridized carbons (Fsp3) is 0.440. The van der Waals surface area contributed by atoms with E-state index in [-0.39, 0.29) is 24.3 Å². The maximum Gasteiger partial charge on any atom is 0.344 e. The number of nitrogens with two attached hydrogens (primary N) is 1. The number of esters is 1. The summed E-state index contributed by atoms with van der Waals surface area (Å²) in [7, 11) is 0. The van der Waals surface area contributed by atoms with E-state index in [1.807, 2.05) is 91.0 Å². The number of hydrogen-bond acceptors (Lipinski definition) is 7. The van der Waals surface area contributed by atoms with Crippen LogP contribution in [0.3, 0.4) is 0 Å². The minimum Gasteiger partial charge on any atom is -0.493 e. The third kappa shape index (κ3) is 9.84. The molecular weight excluding hydrogens is 723 g/mol. The summed E-state index contributed by atoms with van der Waals surface area (Å²) >= 11 is 0. The largest absolute Gasteiger partial charge is 0.493 e. The second-order valence-electron chi connectivity index (χ2n) is 15.8. The molecule has 0 bridgehead atoms. The van der Waals surface area contributed by atoms with Gasteiger partial charge in [0.05, 0.1) is 13.2 Å². The number of ether oxygens (including phenoxy) is 2. The van der Waals surface area contributed by atoms with Gasteiger partial charge in [-0.15, -0.1) is 0 Å². The summed E-state index contributed by atoms with van der Waals surface area (Å²) < 4.78 is 11.0. The first-order chi connectivity index (χ1) is 28.3. The van der Waals surface area contributed by atoms with Gasteiger partial charge in [0.1, 0.15) is 11.2 Å². The van der Waals surface area contributed by atoms with Crippen molar-refractivity contribution in [1.29, 1.82) is 0 Å². The lowest BCUT2D eigenvalue weighted by atomic mass is 9.64. The zero-order chi connectivity index (χ0) is 40.8. The smallest absolute Gasteiger partial charge is 0.344 e. The third-order valence-corrected chi connectivity index (χ3v) is 12.5. The molecule has 1 saturated carbocycles. The second kappa shape index (κ2) is 20.7. The fourth-order valence-corrected chi connectivity index (χ4v) is 9.21. The van der Waals surface area contributed by atoms with Crippen LogP contribution in [0.1, 0.15) is 80.2 Å². The van der Waals surface area contributed by atoms with Gasteiger partial charge < -0.3 is 25.2 Å². The molecule has 2 fully saturated rings. The highest BCUT2D eigenvalue weighted by Gasteiger charge is 2.50. The van der Waals surface area contributed by atoms with Gasteiger partial charge in [0.15, 0.2) is 12.2 Å². The van der Waals surface area contributed by atoms with Gasteiger partial charge in [-0.3, -0.25) is 9.69 Å². The van der Waals surface area contributed by atoms with E-state index in [9.17, 15) is 14.7 Å². The maximum absolute atomic E-state index is 13.2. The summed E-state index contributed by atoms with van der Waals surface area (Å²) in [6, 6.07) is 35.9. The van der Waals surface area contributed by atoms with Crippen LogP contribution >= 0.6 is 0 Å². The first kappa shape index (κ1) is 42.7. The van der Waals surface area contributed by atoms with Gasteiger partial charge in [-0.1, -0.05) is 148 Å². The number of hydrogen-bond donors (Lipinski definition) is 2. The molecule has 1 aliphatic carbocycles. The highest BCUT2D eigenvalue weighted by atomic mass is 16.5. The molecule has 1 saturated heterocycles. The van der Waals surface area contributed by atoms with Crippen LogP contribution in [-0.2, 0) is 38.2 Å². The Morgan fingerprint density at radius 2 is 1.45 bits per heavy atom. The Kier molecular flexibility index (Phi) is 15.2. The molecule has 8 heteroatoms. The van der Waals surface area contributed by atoms with Gasteiger partial charge >= 0.3 is 5.97 Å². The van der Waals surface area contributed by atoms with Gasteiger partial charge in [0.25, 0.3) is 0 Å². The zero-order valence-corrected chi connectivity index (χ0v) is 34.4. The minimum atomic E-state index is -1.58. The molecule has 3 N–H and O–H groups in total. The third-order valence-electron chi connectivity index (χ3n) is 12.5. The van der Waals surface area contributed by atoms with Crippen molar-refractivity contribution in [2.45, 2.75) is 76.2 Å².